The molecule has 1 heterocycles. The van der Waals surface area contributed by atoms with Gasteiger partial charge in [-0.3, -0.25) is 4.79 Å². The summed E-state index contributed by atoms with van der Waals surface area (Å²) in [5.74, 6) is 0.234. The summed E-state index contributed by atoms with van der Waals surface area (Å²) in [6.07, 6.45) is 1.06. The van der Waals surface area contributed by atoms with Gasteiger partial charge in [0.15, 0.2) is 0 Å². The molecule has 4 nitrogen and oxygen atoms in total. The normalized spacial score (nSPS) is 10.6. The third kappa shape index (κ3) is 2.77. The zero-order valence-electron chi connectivity index (χ0n) is 10.6. The zero-order chi connectivity index (χ0) is 13.1. The van der Waals surface area contributed by atoms with Gasteiger partial charge < -0.3 is 5.11 Å². The Morgan fingerprint density at radius 3 is 2.50 bits per heavy atom. The van der Waals surface area contributed by atoms with Crippen molar-refractivity contribution in [3.8, 4) is 5.75 Å². The molecule has 2 aromatic rings. The molecule has 0 fully saturated rings. The van der Waals surface area contributed by atoms with E-state index in [-0.39, 0.29) is 11.7 Å². The lowest BCUT2D eigenvalue weighted by Gasteiger charge is -2.03. The summed E-state index contributed by atoms with van der Waals surface area (Å²) in [6, 6.07) is 8.79. The second-order valence-electron chi connectivity index (χ2n) is 4.40. The van der Waals surface area contributed by atoms with Crippen LogP contribution in [0.1, 0.15) is 28.2 Å². The number of aromatic nitrogens is 2. The van der Waals surface area contributed by atoms with Gasteiger partial charge in [0.2, 0.25) is 5.91 Å². The van der Waals surface area contributed by atoms with Crippen LogP contribution >= 0.6 is 0 Å². The fraction of sp³-hybridized carbons (Fsp3) is 0.286. The van der Waals surface area contributed by atoms with Crippen LogP contribution in [0.4, 0.5) is 0 Å². The summed E-state index contributed by atoms with van der Waals surface area (Å²) >= 11 is 0. The van der Waals surface area contributed by atoms with Crippen LogP contribution in [-0.2, 0) is 6.42 Å². The van der Waals surface area contributed by atoms with E-state index in [9.17, 15) is 9.90 Å². The van der Waals surface area contributed by atoms with Crippen LogP contribution in [0, 0.1) is 13.8 Å². The van der Waals surface area contributed by atoms with Crippen LogP contribution < -0.4 is 0 Å². The van der Waals surface area contributed by atoms with Crippen molar-refractivity contribution in [1.29, 1.82) is 0 Å². The summed E-state index contributed by atoms with van der Waals surface area (Å²) < 4.78 is 1.45. The van der Waals surface area contributed by atoms with Gasteiger partial charge >= 0.3 is 0 Å². The van der Waals surface area contributed by atoms with E-state index in [1.54, 1.807) is 12.1 Å². The number of hydrogen-bond acceptors (Lipinski definition) is 3. The minimum atomic E-state index is -0.00586. The maximum Gasteiger partial charge on any atom is 0.247 e. The summed E-state index contributed by atoms with van der Waals surface area (Å²) in [5.41, 5.74) is 2.75. The van der Waals surface area contributed by atoms with Crippen molar-refractivity contribution in [2.75, 3.05) is 0 Å². The van der Waals surface area contributed by atoms with Crippen LogP contribution in [0.2, 0.25) is 0 Å². The molecular formula is C14H16N2O2. The number of nitrogens with zero attached hydrogens (tertiary/aromatic N) is 2. The Bertz CT molecular complexity index is 556. The Morgan fingerprint density at radius 1 is 1.28 bits per heavy atom. The van der Waals surface area contributed by atoms with Crippen molar-refractivity contribution in [3.63, 3.8) is 0 Å². The maximum atomic E-state index is 12.0. The molecule has 0 unspecified atom stereocenters. The minimum absolute atomic E-state index is 0.00586. The zero-order valence-corrected chi connectivity index (χ0v) is 10.6. The Hall–Kier alpha value is -2.10. The molecule has 94 valence electrons. The monoisotopic (exact) mass is 244 g/mol. The molecule has 0 aliphatic heterocycles. The summed E-state index contributed by atoms with van der Waals surface area (Å²) in [7, 11) is 0. The van der Waals surface area contributed by atoms with E-state index in [2.05, 4.69) is 5.10 Å². The van der Waals surface area contributed by atoms with Crippen molar-refractivity contribution in [3.05, 3.63) is 47.3 Å². The highest BCUT2D eigenvalue weighted by molar-refractivity contribution is 5.78. The average Bonchev–Trinajstić information content (AvgIpc) is 2.67. The van der Waals surface area contributed by atoms with Gasteiger partial charge in [0.25, 0.3) is 0 Å². The lowest BCUT2D eigenvalue weighted by Crippen LogP contribution is -2.14. The number of phenols is 1. The predicted octanol–water partition coefficient (Wildman–Crippen LogP) is 2.48. The number of benzene rings is 1. The summed E-state index contributed by atoms with van der Waals surface area (Å²) in [4.78, 5) is 12.0. The van der Waals surface area contributed by atoms with E-state index < -0.39 is 0 Å². The molecule has 18 heavy (non-hydrogen) atoms. The molecule has 0 radical (unpaired) electrons. The largest absolute Gasteiger partial charge is 0.508 e. The molecule has 1 N–H and O–H groups in total. The van der Waals surface area contributed by atoms with Gasteiger partial charge in [0, 0.05) is 12.1 Å². The van der Waals surface area contributed by atoms with Crippen molar-refractivity contribution in [2.45, 2.75) is 26.7 Å². The van der Waals surface area contributed by atoms with Gasteiger partial charge in [-0.1, -0.05) is 12.1 Å². The van der Waals surface area contributed by atoms with E-state index in [1.807, 2.05) is 32.0 Å². The molecule has 0 spiro atoms. The molecular weight excluding hydrogens is 228 g/mol. The molecule has 2 rings (SSSR count). The third-order valence-electron chi connectivity index (χ3n) is 2.81. The van der Waals surface area contributed by atoms with Gasteiger partial charge in [-0.05, 0) is 44.0 Å². The quantitative estimate of drug-likeness (QED) is 0.902. The lowest BCUT2D eigenvalue weighted by molar-refractivity contribution is 0.0884. The highest BCUT2D eigenvalue weighted by Gasteiger charge is 2.09. The number of carbonyl (C=O) groups is 1. The number of aromatic hydroxyl groups is 1. The van der Waals surface area contributed by atoms with E-state index in [4.69, 9.17) is 0 Å². The van der Waals surface area contributed by atoms with Gasteiger partial charge in [-0.25, -0.2) is 4.68 Å². The van der Waals surface area contributed by atoms with Crippen LogP contribution in [0.5, 0.6) is 5.75 Å². The molecule has 0 atom stereocenters. The fourth-order valence-corrected chi connectivity index (χ4v) is 1.90. The van der Waals surface area contributed by atoms with Crippen molar-refractivity contribution < 1.29 is 9.90 Å². The topological polar surface area (TPSA) is 55.1 Å². The number of phenolic OH excluding ortho intramolecular Hbond substituents is 1. The molecule has 0 aliphatic rings. The SMILES string of the molecule is Cc1cc(C)n(C(=O)CCc2ccc(O)cc2)n1. The highest BCUT2D eigenvalue weighted by Crippen LogP contribution is 2.12. The van der Waals surface area contributed by atoms with Crippen molar-refractivity contribution >= 4 is 5.91 Å². The molecule has 1 aromatic heterocycles. The van der Waals surface area contributed by atoms with Crippen LogP contribution in [0.3, 0.4) is 0 Å². The standard InChI is InChI=1S/C14H16N2O2/c1-10-9-11(2)16(15-10)14(18)8-5-12-3-6-13(17)7-4-12/h3-4,6-7,9,17H,5,8H2,1-2H3. The predicted molar refractivity (Wildman–Crippen MR) is 68.8 cm³/mol. The maximum absolute atomic E-state index is 12.0. The molecule has 1 aromatic carbocycles. The van der Waals surface area contributed by atoms with Crippen molar-refractivity contribution in [1.82, 2.24) is 9.78 Å². The number of hydrogen-bond donors (Lipinski definition) is 1. The highest BCUT2D eigenvalue weighted by atomic mass is 16.3. The Balaban J connectivity index is 2.00. The van der Waals surface area contributed by atoms with E-state index in [0.717, 1.165) is 17.0 Å². The Morgan fingerprint density at radius 2 is 1.94 bits per heavy atom. The van der Waals surface area contributed by atoms with Gasteiger partial charge in [0.1, 0.15) is 5.75 Å². The van der Waals surface area contributed by atoms with Gasteiger partial charge in [-0.2, -0.15) is 5.10 Å². The molecule has 0 bridgehead atoms. The molecule has 0 saturated carbocycles. The Kier molecular flexibility index (Phi) is 3.46. The van der Waals surface area contributed by atoms with Gasteiger partial charge in [-0.15, -0.1) is 0 Å². The average molecular weight is 244 g/mol. The first kappa shape index (κ1) is 12.4. The van der Waals surface area contributed by atoms with E-state index in [1.165, 1.54) is 4.68 Å². The Labute approximate surface area is 106 Å². The number of rotatable bonds is 3. The van der Waals surface area contributed by atoms with Crippen LogP contribution in [-0.4, -0.2) is 20.8 Å². The third-order valence-corrected chi connectivity index (χ3v) is 2.81. The van der Waals surface area contributed by atoms with Crippen LogP contribution in [0.15, 0.2) is 30.3 Å². The first-order valence-corrected chi connectivity index (χ1v) is 5.90. The molecule has 0 aliphatic carbocycles. The van der Waals surface area contributed by atoms with Gasteiger partial charge in [0.05, 0.1) is 5.69 Å². The fourth-order valence-electron chi connectivity index (χ4n) is 1.90. The summed E-state index contributed by atoms with van der Waals surface area (Å²) in [6.45, 7) is 3.75. The molecule has 0 saturated heterocycles. The molecule has 0 amide bonds. The van der Waals surface area contributed by atoms with Crippen molar-refractivity contribution in [2.24, 2.45) is 0 Å². The lowest BCUT2D eigenvalue weighted by atomic mass is 10.1. The molecule has 4 heteroatoms. The van der Waals surface area contributed by atoms with E-state index >= 15 is 0 Å². The second kappa shape index (κ2) is 5.04. The first-order chi connectivity index (χ1) is 8.56. The number of aryl methyl sites for hydroxylation is 3. The second-order valence-corrected chi connectivity index (χ2v) is 4.40. The van der Waals surface area contributed by atoms with Crippen LogP contribution in [0.25, 0.3) is 0 Å². The smallest absolute Gasteiger partial charge is 0.247 e. The number of carbonyl (C=O) groups excluding carboxylic acids is 1. The minimum Gasteiger partial charge on any atom is -0.508 e. The first-order valence-electron chi connectivity index (χ1n) is 5.90. The van der Waals surface area contributed by atoms with E-state index in [0.29, 0.717) is 12.8 Å². The summed E-state index contributed by atoms with van der Waals surface area (Å²) in [5, 5.41) is 13.3.